The molecule has 2 aromatic heterocycles. The van der Waals surface area contributed by atoms with Crippen LogP contribution in [0, 0.1) is 12.3 Å². The average molecular weight is 677 g/mol. The standard InChI is InChI=1S/C31H30Cl2F3N7O3/c1-17-4-7-43(41-17)24-12-18(19-10-20(32)13-21(33)11-19)2-3-22(24)27(31(34,35)36)46-26-14-25(39-29(37)40-26)42-8-5-30(6-9-42)15-23(28(44)45)38-16-30/h2-4,7,10-14,23,27,38H,5-6,8-9,15-16H2,1H3,(H,44,45)(H2,37,39,40)/t23-,27?/m0/s1. The Kier molecular flexibility index (Phi) is 8.51. The van der Waals surface area contributed by atoms with E-state index < -0.39 is 24.3 Å². The summed E-state index contributed by atoms with van der Waals surface area (Å²) >= 11 is 12.4. The summed E-state index contributed by atoms with van der Waals surface area (Å²) in [7, 11) is 0. The maximum atomic E-state index is 14.8. The molecule has 242 valence electrons. The Hall–Kier alpha value is -4.07. The molecule has 0 bridgehead atoms. The first-order valence-electron chi connectivity index (χ1n) is 14.5. The maximum Gasteiger partial charge on any atom is 0.429 e. The van der Waals surface area contributed by atoms with E-state index in [1.54, 1.807) is 43.5 Å². The van der Waals surface area contributed by atoms with Crippen LogP contribution in [0.3, 0.4) is 0 Å². The minimum absolute atomic E-state index is 0.137. The summed E-state index contributed by atoms with van der Waals surface area (Å²) in [5, 5.41) is 17.6. The van der Waals surface area contributed by atoms with E-state index in [1.165, 1.54) is 22.9 Å². The van der Waals surface area contributed by atoms with Gasteiger partial charge in [-0.1, -0.05) is 35.3 Å². The zero-order chi connectivity index (χ0) is 32.8. The lowest BCUT2D eigenvalue weighted by Crippen LogP contribution is -2.41. The number of piperidine rings is 1. The normalized spacial score (nSPS) is 18.6. The van der Waals surface area contributed by atoms with Crippen LogP contribution in [0.25, 0.3) is 16.8 Å². The molecule has 2 aliphatic rings. The Balaban J connectivity index is 1.31. The number of alkyl halides is 3. The third kappa shape index (κ3) is 6.72. The Morgan fingerprint density at radius 1 is 1.09 bits per heavy atom. The number of carbonyl (C=O) groups is 1. The zero-order valence-corrected chi connectivity index (χ0v) is 26.1. The van der Waals surface area contributed by atoms with Crippen LogP contribution in [-0.2, 0) is 4.79 Å². The second-order valence-corrected chi connectivity index (χ2v) is 12.6. The lowest BCUT2D eigenvalue weighted by molar-refractivity contribution is -0.198. The molecule has 1 unspecified atom stereocenters. The molecule has 0 aliphatic carbocycles. The van der Waals surface area contributed by atoms with Gasteiger partial charge >= 0.3 is 12.1 Å². The predicted molar refractivity (Wildman–Crippen MR) is 168 cm³/mol. The first kappa shape index (κ1) is 31.9. The first-order valence-corrected chi connectivity index (χ1v) is 15.3. The molecule has 6 rings (SSSR count). The SMILES string of the molecule is Cc1ccn(-c2cc(-c3cc(Cl)cc(Cl)c3)ccc2C(Oc2cc(N3CCC4(CC3)CN[C@H](C(=O)O)C4)nc(N)n2)C(F)(F)F)n1. The molecule has 1 spiro atoms. The predicted octanol–water partition coefficient (Wildman–Crippen LogP) is 6.24. The summed E-state index contributed by atoms with van der Waals surface area (Å²) in [5.41, 5.74) is 7.53. The molecule has 2 saturated heterocycles. The summed E-state index contributed by atoms with van der Waals surface area (Å²) in [4.78, 5) is 21.6. The van der Waals surface area contributed by atoms with Crippen LogP contribution in [0.2, 0.25) is 10.0 Å². The maximum absolute atomic E-state index is 14.8. The van der Waals surface area contributed by atoms with Crippen LogP contribution in [0.15, 0.2) is 54.7 Å². The number of hydrogen-bond acceptors (Lipinski definition) is 8. The topological polar surface area (TPSA) is 131 Å². The number of carboxylic acid groups (broad SMARTS) is 1. The van der Waals surface area contributed by atoms with E-state index >= 15 is 0 Å². The number of aromatic nitrogens is 4. The van der Waals surface area contributed by atoms with Crippen LogP contribution in [0.1, 0.15) is 36.6 Å². The number of aryl methyl sites for hydroxylation is 1. The van der Waals surface area contributed by atoms with Crippen molar-refractivity contribution in [1.82, 2.24) is 25.1 Å². The molecule has 2 aliphatic heterocycles. The molecule has 4 N–H and O–H groups in total. The number of hydrogen-bond donors (Lipinski definition) is 3. The average Bonchev–Trinajstić information content (AvgIpc) is 3.61. The number of nitrogens with one attached hydrogen (secondary N) is 1. The molecule has 0 radical (unpaired) electrons. The largest absolute Gasteiger partial charge is 0.480 e. The lowest BCUT2D eigenvalue weighted by atomic mass is 9.76. The van der Waals surface area contributed by atoms with Crippen LogP contribution in [0.5, 0.6) is 5.88 Å². The highest BCUT2D eigenvalue weighted by Gasteiger charge is 2.46. The van der Waals surface area contributed by atoms with Gasteiger partial charge in [0.2, 0.25) is 17.9 Å². The minimum atomic E-state index is -4.86. The number of benzene rings is 2. The summed E-state index contributed by atoms with van der Waals surface area (Å²) in [5.74, 6) is -1.13. The fourth-order valence-electron chi connectivity index (χ4n) is 6.18. The minimum Gasteiger partial charge on any atom is -0.480 e. The van der Waals surface area contributed by atoms with Gasteiger partial charge in [-0.05, 0) is 73.1 Å². The number of nitrogens with zero attached hydrogens (tertiary/aromatic N) is 5. The summed E-state index contributed by atoms with van der Waals surface area (Å²) in [6.45, 7) is 3.36. The van der Waals surface area contributed by atoms with Crippen molar-refractivity contribution < 1.29 is 27.8 Å². The van der Waals surface area contributed by atoms with Gasteiger partial charge in [-0.3, -0.25) is 4.79 Å². The van der Waals surface area contributed by atoms with Crippen molar-refractivity contribution in [3.63, 3.8) is 0 Å². The first-order chi connectivity index (χ1) is 21.8. The van der Waals surface area contributed by atoms with Crippen LogP contribution in [0.4, 0.5) is 24.9 Å². The molecule has 0 saturated carbocycles. The van der Waals surface area contributed by atoms with Crippen molar-refractivity contribution in [3.05, 3.63) is 76.0 Å². The smallest absolute Gasteiger partial charge is 0.429 e. The van der Waals surface area contributed by atoms with Gasteiger partial charge in [-0.15, -0.1) is 0 Å². The Bertz CT molecular complexity index is 1760. The highest BCUT2D eigenvalue weighted by atomic mass is 35.5. The number of aliphatic carboxylic acids is 1. The van der Waals surface area contributed by atoms with E-state index in [4.69, 9.17) is 33.7 Å². The van der Waals surface area contributed by atoms with E-state index in [1.807, 2.05) is 4.90 Å². The van der Waals surface area contributed by atoms with Gasteiger partial charge in [0.15, 0.2) is 0 Å². The molecule has 10 nitrogen and oxygen atoms in total. The van der Waals surface area contributed by atoms with Crippen molar-refractivity contribution in [3.8, 4) is 22.7 Å². The van der Waals surface area contributed by atoms with E-state index in [2.05, 4.69) is 20.4 Å². The van der Waals surface area contributed by atoms with Gasteiger partial charge in [0.05, 0.1) is 11.4 Å². The van der Waals surface area contributed by atoms with Crippen molar-refractivity contribution >= 4 is 40.9 Å². The zero-order valence-electron chi connectivity index (χ0n) is 24.6. The number of carboxylic acids is 1. The van der Waals surface area contributed by atoms with E-state index in [9.17, 15) is 23.1 Å². The number of anilines is 2. The van der Waals surface area contributed by atoms with Gasteiger partial charge in [0, 0.05) is 47.5 Å². The summed E-state index contributed by atoms with van der Waals surface area (Å²) in [6.07, 6.45) is -3.83. The second-order valence-electron chi connectivity index (χ2n) is 11.8. The van der Waals surface area contributed by atoms with E-state index in [0.29, 0.717) is 71.6 Å². The van der Waals surface area contributed by atoms with Gasteiger partial charge < -0.3 is 25.8 Å². The Morgan fingerprint density at radius 3 is 2.41 bits per heavy atom. The Labute approximate surface area is 272 Å². The number of halogens is 5. The summed E-state index contributed by atoms with van der Waals surface area (Å²) in [6, 6.07) is 11.8. The third-order valence-corrected chi connectivity index (χ3v) is 8.96. The molecule has 2 fully saturated rings. The van der Waals surface area contributed by atoms with E-state index in [-0.39, 0.29) is 28.5 Å². The quantitative estimate of drug-likeness (QED) is 0.208. The fourth-order valence-corrected chi connectivity index (χ4v) is 6.70. The molecule has 15 heteroatoms. The molecule has 2 atom stereocenters. The number of nitrogens with two attached hydrogens (primary N) is 1. The van der Waals surface area contributed by atoms with Crippen LogP contribution < -0.4 is 20.7 Å². The van der Waals surface area contributed by atoms with Gasteiger partial charge in [-0.2, -0.15) is 28.2 Å². The second kappa shape index (κ2) is 12.3. The molecule has 46 heavy (non-hydrogen) atoms. The van der Waals surface area contributed by atoms with E-state index in [0.717, 1.165) is 0 Å². The highest BCUT2D eigenvalue weighted by Crippen LogP contribution is 2.43. The molecular formula is C31H30Cl2F3N7O3. The fraction of sp³-hybridized carbons (Fsp3) is 0.355. The molecule has 0 amide bonds. The summed E-state index contributed by atoms with van der Waals surface area (Å²) < 4.78 is 51.4. The number of nitrogen functional groups attached to an aromatic ring is 1. The third-order valence-electron chi connectivity index (χ3n) is 8.53. The van der Waals surface area contributed by atoms with Crippen molar-refractivity contribution in [1.29, 1.82) is 0 Å². The number of ether oxygens (including phenoxy) is 1. The van der Waals surface area contributed by atoms with Crippen molar-refractivity contribution in [2.45, 2.75) is 44.5 Å². The van der Waals surface area contributed by atoms with Gasteiger partial charge in [0.1, 0.15) is 11.9 Å². The van der Waals surface area contributed by atoms with Crippen LogP contribution >= 0.6 is 23.2 Å². The highest BCUT2D eigenvalue weighted by molar-refractivity contribution is 6.35. The van der Waals surface area contributed by atoms with Gasteiger partial charge in [-0.25, -0.2) is 4.68 Å². The van der Waals surface area contributed by atoms with Crippen LogP contribution in [-0.4, -0.2) is 62.7 Å². The Morgan fingerprint density at radius 2 is 1.80 bits per heavy atom. The molecule has 4 heterocycles. The van der Waals surface area contributed by atoms with Crippen molar-refractivity contribution in [2.24, 2.45) is 5.41 Å². The molecule has 2 aromatic carbocycles. The van der Waals surface area contributed by atoms with Gasteiger partial charge in [0.25, 0.3) is 0 Å². The molecular weight excluding hydrogens is 646 g/mol. The monoisotopic (exact) mass is 675 g/mol. The van der Waals surface area contributed by atoms with Crippen molar-refractivity contribution in [2.75, 3.05) is 30.3 Å². The molecule has 4 aromatic rings. The lowest BCUT2D eigenvalue weighted by Gasteiger charge is -2.39. The number of rotatable bonds is 7.